The molecule has 0 aliphatic carbocycles. The van der Waals surface area contributed by atoms with Gasteiger partial charge in [-0.2, -0.15) is 0 Å². The average molecular weight is 485 g/mol. The molecule has 0 fully saturated rings. The number of carbonyl (C=O) groups excluding carboxylic acids is 1. The van der Waals surface area contributed by atoms with Crippen LogP contribution in [0.25, 0.3) is 0 Å². The largest absolute Gasteiger partial charge is 0.481 e. The van der Waals surface area contributed by atoms with Crippen LogP contribution in [0.3, 0.4) is 0 Å². The highest BCUT2D eigenvalue weighted by atomic mass is 16.5. The van der Waals surface area contributed by atoms with Crippen LogP contribution in [0.1, 0.15) is 136 Å². The summed E-state index contributed by atoms with van der Waals surface area (Å²) in [4.78, 5) is 23.1. The van der Waals surface area contributed by atoms with Gasteiger partial charge in [0, 0.05) is 6.42 Å². The lowest BCUT2D eigenvalue weighted by molar-refractivity contribution is -0.873. The van der Waals surface area contributed by atoms with Gasteiger partial charge in [-0.05, 0) is 12.3 Å². The molecule has 202 valence electrons. The highest BCUT2D eigenvalue weighted by molar-refractivity contribution is 5.71. The zero-order chi connectivity index (χ0) is 25.7. The minimum Gasteiger partial charge on any atom is -0.481 e. The molecule has 0 aliphatic heterocycles. The highest BCUT2D eigenvalue weighted by Crippen LogP contribution is 2.18. The Morgan fingerprint density at radius 1 is 0.735 bits per heavy atom. The third-order valence-electron chi connectivity index (χ3n) is 6.58. The van der Waals surface area contributed by atoms with Crippen molar-refractivity contribution in [1.82, 2.24) is 0 Å². The maximum atomic E-state index is 12.1. The Hall–Kier alpha value is -1.10. The fourth-order valence-electron chi connectivity index (χ4n) is 4.61. The van der Waals surface area contributed by atoms with Crippen molar-refractivity contribution in [2.24, 2.45) is 5.92 Å². The molecule has 1 N–H and O–H groups in total. The molecule has 2 unspecified atom stereocenters. The summed E-state index contributed by atoms with van der Waals surface area (Å²) in [5.74, 6) is -0.265. The summed E-state index contributed by atoms with van der Waals surface area (Å²) in [7, 11) is 5.92. The number of quaternary nitrogens is 1. The molecular weight excluding hydrogens is 426 g/mol. The normalized spacial score (nSPS) is 13.6. The van der Waals surface area contributed by atoms with Crippen LogP contribution in [0, 0.1) is 5.92 Å². The van der Waals surface area contributed by atoms with Crippen molar-refractivity contribution in [1.29, 1.82) is 0 Å². The summed E-state index contributed by atoms with van der Waals surface area (Å²) >= 11 is 0. The van der Waals surface area contributed by atoms with E-state index >= 15 is 0 Å². The lowest BCUT2D eigenvalue weighted by atomic mass is 9.96. The van der Waals surface area contributed by atoms with Gasteiger partial charge < -0.3 is 14.3 Å². The van der Waals surface area contributed by atoms with Gasteiger partial charge in [0.05, 0.1) is 27.6 Å². The van der Waals surface area contributed by atoms with Crippen LogP contribution in [0.5, 0.6) is 0 Å². The zero-order valence-corrected chi connectivity index (χ0v) is 23.4. The van der Waals surface area contributed by atoms with E-state index in [9.17, 15) is 9.59 Å². The fourth-order valence-corrected chi connectivity index (χ4v) is 4.61. The zero-order valence-electron chi connectivity index (χ0n) is 23.4. The molecule has 0 aromatic carbocycles. The van der Waals surface area contributed by atoms with Crippen molar-refractivity contribution in [3.05, 3.63) is 0 Å². The first-order valence-electron chi connectivity index (χ1n) is 14.4. The molecule has 5 heteroatoms. The SMILES string of the molecule is CCCCCC(C)CCCCCCCCCCCCCCC(=O)OC(CC(=O)O)C[N+](C)(C)C. The average Bonchev–Trinajstić information content (AvgIpc) is 2.72. The van der Waals surface area contributed by atoms with E-state index in [1.807, 2.05) is 21.1 Å². The predicted octanol–water partition coefficient (Wildman–Crippen LogP) is 7.76. The van der Waals surface area contributed by atoms with Gasteiger partial charge in [-0.1, -0.05) is 117 Å². The molecule has 5 nitrogen and oxygen atoms in total. The van der Waals surface area contributed by atoms with Crippen molar-refractivity contribution >= 4 is 11.9 Å². The number of nitrogens with zero attached hydrogens (tertiary/aromatic N) is 1. The van der Waals surface area contributed by atoms with Crippen molar-refractivity contribution < 1.29 is 23.9 Å². The number of carboxylic acid groups (broad SMARTS) is 1. The lowest BCUT2D eigenvalue weighted by Crippen LogP contribution is -2.43. The van der Waals surface area contributed by atoms with Gasteiger partial charge in [0.15, 0.2) is 6.10 Å². The molecule has 2 atom stereocenters. The van der Waals surface area contributed by atoms with Gasteiger partial charge in [0.1, 0.15) is 6.54 Å². The summed E-state index contributed by atoms with van der Waals surface area (Å²) < 4.78 is 6.01. The molecule has 0 radical (unpaired) electrons. The first-order chi connectivity index (χ1) is 16.1. The van der Waals surface area contributed by atoms with E-state index in [1.165, 1.54) is 96.3 Å². The van der Waals surface area contributed by atoms with E-state index in [0.717, 1.165) is 18.8 Å². The number of ether oxygens (including phenoxy) is 1. The van der Waals surface area contributed by atoms with Gasteiger partial charge in [0.25, 0.3) is 0 Å². The molecule has 0 bridgehead atoms. The predicted molar refractivity (Wildman–Crippen MR) is 143 cm³/mol. The molecule has 0 aromatic rings. The second kappa shape index (κ2) is 21.2. The van der Waals surface area contributed by atoms with Crippen LogP contribution in [0.4, 0.5) is 0 Å². The van der Waals surface area contributed by atoms with E-state index < -0.39 is 12.1 Å². The maximum Gasteiger partial charge on any atom is 0.307 e. The first kappa shape index (κ1) is 32.9. The topological polar surface area (TPSA) is 63.6 Å². The van der Waals surface area contributed by atoms with Gasteiger partial charge in [0.2, 0.25) is 0 Å². The lowest BCUT2D eigenvalue weighted by Gasteiger charge is -2.28. The minimum atomic E-state index is -0.922. The Balaban J connectivity index is 3.53. The van der Waals surface area contributed by atoms with Gasteiger partial charge >= 0.3 is 11.9 Å². The standard InChI is InChI=1S/C29H57NO4/c1-6-7-18-21-26(2)22-19-16-14-12-10-8-9-11-13-15-17-20-23-29(33)34-27(24-28(31)32)25-30(3,4)5/h26-27H,6-25H2,1-5H3/p+1. The van der Waals surface area contributed by atoms with E-state index in [0.29, 0.717) is 17.4 Å². The molecule has 0 spiro atoms. The Labute approximate surface area is 211 Å². The number of likely N-dealkylation sites (N-methyl/N-ethyl adjacent to an activating group) is 1. The van der Waals surface area contributed by atoms with Crippen molar-refractivity contribution in [2.45, 2.75) is 142 Å². The molecule has 0 saturated carbocycles. The molecule has 0 aliphatic rings. The molecule has 0 saturated heterocycles. The van der Waals surface area contributed by atoms with E-state index in [1.54, 1.807) is 0 Å². The van der Waals surface area contributed by atoms with Crippen LogP contribution < -0.4 is 0 Å². The molecular formula is C29H58NO4+. The number of carboxylic acids is 1. The second-order valence-electron chi connectivity index (χ2n) is 11.6. The van der Waals surface area contributed by atoms with Crippen molar-refractivity contribution in [2.75, 3.05) is 27.7 Å². The smallest absolute Gasteiger partial charge is 0.307 e. The Morgan fingerprint density at radius 2 is 1.18 bits per heavy atom. The molecule has 34 heavy (non-hydrogen) atoms. The van der Waals surface area contributed by atoms with Gasteiger partial charge in [-0.15, -0.1) is 0 Å². The molecule has 0 amide bonds. The van der Waals surface area contributed by atoms with Crippen LogP contribution >= 0.6 is 0 Å². The van der Waals surface area contributed by atoms with Crippen molar-refractivity contribution in [3.63, 3.8) is 0 Å². The van der Waals surface area contributed by atoms with E-state index in [-0.39, 0.29) is 12.4 Å². The monoisotopic (exact) mass is 484 g/mol. The van der Waals surface area contributed by atoms with Crippen LogP contribution in [-0.2, 0) is 14.3 Å². The second-order valence-corrected chi connectivity index (χ2v) is 11.6. The number of hydrogen-bond acceptors (Lipinski definition) is 3. The number of carbonyl (C=O) groups is 2. The summed E-state index contributed by atoms with van der Waals surface area (Å²) in [6.45, 7) is 5.21. The van der Waals surface area contributed by atoms with E-state index in [4.69, 9.17) is 9.84 Å². The van der Waals surface area contributed by atoms with Crippen molar-refractivity contribution in [3.8, 4) is 0 Å². The summed E-state index contributed by atoms with van der Waals surface area (Å²) in [5.41, 5.74) is 0. The first-order valence-corrected chi connectivity index (χ1v) is 14.4. The quantitative estimate of drug-likeness (QED) is 0.0863. The maximum absolute atomic E-state index is 12.1. The Morgan fingerprint density at radius 3 is 1.62 bits per heavy atom. The number of rotatable bonds is 24. The molecule has 0 rings (SSSR count). The highest BCUT2D eigenvalue weighted by Gasteiger charge is 2.24. The Bertz CT molecular complexity index is 501. The third-order valence-corrected chi connectivity index (χ3v) is 6.58. The molecule has 0 heterocycles. The van der Waals surface area contributed by atoms with Crippen LogP contribution in [0.2, 0.25) is 0 Å². The van der Waals surface area contributed by atoms with E-state index in [2.05, 4.69) is 13.8 Å². The summed E-state index contributed by atoms with van der Waals surface area (Å²) in [6.07, 6.45) is 22.0. The molecule has 0 aromatic heterocycles. The van der Waals surface area contributed by atoms with Gasteiger partial charge in [-0.25, -0.2) is 0 Å². The van der Waals surface area contributed by atoms with Crippen LogP contribution in [-0.4, -0.2) is 55.3 Å². The summed E-state index contributed by atoms with van der Waals surface area (Å²) in [5, 5.41) is 9.04. The van der Waals surface area contributed by atoms with Crippen LogP contribution in [0.15, 0.2) is 0 Å². The number of hydrogen-bond donors (Lipinski definition) is 1. The number of aliphatic carboxylic acids is 1. The minimum absolute atomic E-state index is 0.125. The number of unbranched alkanes of at least 4 members (excludes halogenated alkanes) is 13. The third kappa shape index (κ3) is 24.0. The number of esters is 1. The Kier molecular flexibility index (Phi) is 20.5. The summed E-state index contributed by atoms with van der Waals surface area (Å²) in [6, 6.07) is 0. The fraction of sp³-hybridized carbons (Fsp3) is 0.931. The van der Waals surface area contributed by atoms with Gasteiger partial charge in [-0.3, -0.25) is 9.59 Å².